The molecule has 2 aliphatic heterocycles. The van der Waals surface area contributed by atoms with Crippen LogP contribution in [0.25, 0.3) is 0 Å². The molecule has 0 radical (unpaired) electrons. The summed E-state index contributed by atoms with van der Waals surface area (Å²) in [4.78, 5) is 9.09. The van der Waals surface area contributed by atoms with E-state index in [0.29, 0.717) is 0 Å². The highest BCUT2D eigenvalue weighted by molar-refractivity contribution is 6.00. The van der Waals surface area contributed by atoms with E-state index in [2.05, 4.69) is 183 Å². The minimum absolute atomic E-state index is 0.886. The van der Waals surface area contributed by atoms with Crippen LogP contribution in [0.4, 0.5) is 56.9 Å². The lowest BCUT2D eigenvalue weighted by atomic mass is 10.0. The Kier molecular flexibility index (Phi) is 8.62. The molecular formula is C44H44N4O2. The Bertz CT molecular complexity index is 1960. The van der Waals surface area contributed by atoms with Crippen molar-refractivity contribution in [2.75, 3.05) is 47.9 Å². The van der Waals surface area contributed by atoms with E-state index in [9.17, 15) is 0 Å². The average molecular weight is 661 g/mol. The summed E-state index contributed by atoms with van der Waals surface area (Å²) < 4.78 is 11.5. The van der Waals surface area contributed by atoms with E-state index in [0.717, 1.165) is 45.6 Å². The van der Waals surface area contributed by atoms with Gasteiger partial charge in [-0.3, -0.25) is 0 Å². The summed E-state index contributed by atoms with van der Waals surface area (Å²) in [6, 6.07) is 42.6. The summed E-state index contributed by atoms with van der Waals surface area (Å²) in [5.74, 6) is 1.77. The normalized spacial score (nSPS) is 12.6. The van der Waals surface area contributed by atoms with E-state index in [1.54, 1.807) is 14.2 Å². The van der Waals surface area contributed by atoms with Gasteiger partial charge >= 0.3 is 0 Å². The SMILES string of the molecule is COc1cc(C)c(C)cc1N1c2ccccc2N(C)c2ccccc21.COc1cc(C)c(C)cc1N1c2ccccc2N(C)c2ccccc21. The van der Waals surface area contributed by atoms with E-state index in [1.165, 1.54) is 45.0 Å². The zero-order valence-corrected chi connectivity index (χ0v) is 30.2. The lowest BCUT2D eigenvalue weighted by Gasteiger charge is -2.39. The van der Waals surface area contributed by atoms with Crippen LogP contribution >= 0.6 is 0 Å². The summed E-state index contributed by atoms with van der Waals surface area (Å²) >= 11 is 0. The molecule has 0 spiro atoms. The molecule has 2 heterocycles. The highest BCUT2D eigenvalue weighted by Gasteiger charge is 2.30. The van der Waals surface area contributed by atoms with Gasteiger partial charge < -0.3 is 29.1 Å². The third kappa shape index (κ3) is 5.47. The third-order valence-electron chi connectivity index (χ3n) is 10.0. The van der Waals surface area contributed by atoms with Crippen molar-refractivity contribution in [1.29, 1.82) is 0 Å². The molecule has 50 heavy (non-hydrogen) atoms. The minimum atomic E-state index is 0.886. The molecule has 0 amide bonds. The van der Waals surface area contributed by atoms with Gasteiger partial charge in [-0.2, -0.15) is 0 Å². The first-order valence-corrected chi connectivity index (χ1v) is 17.0. The number of para-hydroxylation sites is 8. The van der Waals surface area contributed by atoms with E-state index in [4.69, 9.17) is 9.47 Å². The monoisotopic (exact) mass is 660 g/mol. The number of ether oxygens (including phenoxy) is 2. The van der Waals surface area contributed by atoms with Crippen molar-refractivity contribution in [2.24, 2.45) is 0 Å². The maximum absolute atomic E-state index is 5.74. The predicted molar refractivity (Wildman–Crippen MR) is 210 cm³/mol. The molecule has 2 aliphatic rings. The van der Waals surface area contributed by atoms with Crippen LogP contribution in [0, 0.1) is 27.7 Å². The highest BCUT2D eigenvalue weighted by Crippen LogP contribution is 2.54. The lowest BCUT2D eigenvalue weighted by Crippen LogP contribution is -2.24. The standard InChI is InChI=1S/2C22H22N2O/c2*1-15-13-21(22(25-4)14-16(15)2)24-19-11-7-5-9-17(19)23(3)18-10-6-8-12-20(18)24/h2*5-14H,1-4H3. The highest BCUT2D eigenvalue weighted by atomic mass is 16.5. The van der Waals surface area contributed by atoms with Crippen LogP contribution in [-0.2, 0) is 0 Å². The van der Waals surface area contributed by atoms with Gasteiger partial charge in [0.05, 0.1) is 71.1 Å². The largest absolute Gasteiger partial charge is 0.495 e. The minimum Gasteiger partial charge on any atom is -0.495 e. The van der Waals surface area contributed by atoms with Crippen LogP contribution in [0.1, 0.15) is 22.3 Å². The number of fused-ring (bicyclic) bond motifs is 4. The molecule has 0 bridgehead atoms. The molecular weight excluding hydrogens is 617 g/mol. The topological polar surface area (TPSA) is 31.4 Å². The molecule has 6 aromatic rings. The molecule has 0 atom stereocenters. The first kappa shape index (κ1) is 32.7. The van der Waals surface area contributed by atoms with Gasteiger partial charge in [0.1, 0.15) is 11.5 Å². The van der Waals surface area contributed by atoms with Gasteiger partial charge in [0.2, 0.25) is 0 Å². The summed E-state index contributed by atoms with van der Waals surface area (Å²) in [5.41, 5.74) is 16.5. The quantitative estimate of drug-likeness (QED) is 0.187. The second-order valence-corrected chi connectivity index (χ2v) is 13.0. The molecule has 6 nitrogen and oxygen atoms in total. The molecule has 0 saturated heterocycles. The fourth-order valence-electron chi connectivity index (χ4n) is 7.01. The second kappa shape index (κ2) is 13.2. The molecule has 8 rings (SSSR count). The van der Waals surface area contributed by atoms with Crippen molar-refractivity contribution >= 4 is 56.9 Å². The van der Waals surface area contributed by atoms with E-state index >= 15 is 0 Å². The fraction of sp³-hybridized carbons (Fsp3) is 0.182. The number of rotatable bonds is 4. The molecule has 252 valence electrons. The summed E-state index contributed by atoms with van der Waals surface area (Å²) in [5, 5.41) is 0. The maximum Gasteiger partial charge on any atom is 0.143 e. The van der Waals surface area contributed by atoms with Crippen molar-refractivity contribution < 1.29 is 9.47 Å². The van der Waals surface area contributed by atoms with E-state index in [1.807, 2.05) is 0 Å². The Morgan fingerprint density at radius 3 is 0.840 bits per heavy atom. The van der Waals surface area contributed by atoms with Crippen LogP contribution in [-0.4, -0.2) is 28.3 Å². The van der Waals surface area contributed by atoms with Crippen LogP contribution in [0.3, 0.4) is 0 Å². The number of hydrogen-bond donors (Lipinski definition) is 0. The van der Waals surface area contributed by atoms with Crippen molar-refractivity contribution in [1.82, 2.24) is 0 Å². The Balaban J connectivity index is 0.000000157. The van der Waals surface area contributed by atoms with Crippen LogP contribution in [0.5, 0.6) is 11.5 Å². The van der Waals surface area contributed by atoms with E-state index < -0.39 is 0 Å². The predicted octanol–water partition coefficient (Wildman–Crippen LogP) is 11.7. The second-order valence-electron chi connectivity index (χ2n) is 13.0. The van der Waals surface area contributed by atoms with Gasteiger partial charge in [0.25, 0.3) is 0 Å². The van der Waals surface area contributed by atoms with Crippen molar-refractivity contribution in [3.05, 3.63) is 144 Å². The van der Waals surface area contributed by atoms with Gasteiger partial charge in [-0.05, 0) is 123 Å². The number of aryl methyl sites for hydroxylation is 4. The molecule has 0 N–H and O–H groups in total. The Labute approximate surface area is 296 Å². The van der Waals surface area contributed by atoms with Crippen molar-refractivity contribution in [3.8, 4) is 11.5 Å². The van der Waals surface area contributed by atoms with Gasteiger partial charge in [0, 0.05) is 14.1 Å². The zero-order chi connectivity index (χ0) is 35.1. The molecule has 0 saturated carbocycles. The first-order valence-electron chi connectivity index (χ1n) is 17.0. The summed E-state index contributed by atoms with van der Waals surface area (Å²) in [6.45, 7) is 8.53. The number of methoxy groups -OCH3 is 2. The smallest absolute Gasteiger partial charge is 0.143 e. The molecule has 0 aliphatic carbocycles. The Morgan fingerprint density at radius 1 is 0.340 bits per heavy atom. The zero-order valence-electron chi connectivity index (χ0n) is 30.2. The molecule has 6 heteroatoms. The first-order chi connectivity index (χ1) is 24.2. The Hall–Kier alpha value is -5.88. The van der Waals surface area contributed by atoms with Crippen LogP contribution in [0.15, 0.2) is 121 Å². The van der Waals surface area contributed by atoms with Crippen molar-refractivity contribution in [2.45, 2.75) is 27.7 Å². The number of anilines is 10. The number of hydrogen-bond acceptors (Lipinski definition) is 6. The fourth-order valence-corrected chi connectivity index (χ4v) is 7.01. The summed E-state index contributed by atoms with van der Waals surface area (Å²) in [7, 11) is 7.71. The average Bonchev–Trinajstić information content (AvgIpc) is 3.15. The molecule has 0 unspecified atom stereocenters. The van der Waals surface area contributed by atoms with Crippen molar-refractivity contribution in [3.63, 3.8) is 0 Å². The molecule has 0 aromatic heterocycles. The number of benzene rings is 6. The molecule has 6 aromatic carbocycles. The third-order valence-corrected chi connectivity index (χ3v) is 10.0. The number of nitrogens with zero attached hydrogens (tertiary/aromatic N) is 4. The van der Waals surface area contributed by atoms with Crippen LogP contribution < -0.4 is 29.1 Å². The summed E-state index contributed by atoms with van der Waals surface area (Å²) in [6.07, 6.45) is 0. The lowest BCUT2D eigenvalue weighted by molar-refractivity contribution is 0.415. The van der Waals surface area contributed by atoms with Crippen LogP contribution in [0.2, 0.25) is 0 Å². The Morgan fingerprint density at radius 2 is 0.580 bits per heavy atom. The molecule has 0 fully saturated rings. The maximum atomic E-state index is 5.74. The van der Waals surface area contributed by atoms with Gasteiger partial charge in [-0.25, -0.2) is 0 Å². The van der Waals surface area contributed by atoms with Gasteiger partial charge in [0.15, 0.2) is 0 Å². The van der Waals surface area contributed by atoms with Gasteiger partial charge in [-0.1, -0.05) is 48.5 Å². The van der Waals surface area contributed by atoms with E-state index in [-0.39, 0.29) is 0 Å². The van der Waals surface area contributed by atoms with Gasteiger partial charge in [-0.15, -0.1) is 0 Å².